The van der Waals surface area contributed by atoms with E-state index >= 15 is 0 Å². The molecule has 0 amide bonds. The SMILES string of the molecule is CC(/C=C/c1ccccc1[N+](=O)[O-])=N/N=C/C=C\c1ccccc1. The van der Waals surface area contributed by atoms with Crippen LogP contribution in [0.3, 0.4) is 0 Å². The quantitative estimate of drug-likeness (QED) is 0.437. The Hall–Kier alpha value is -3.34. The predicted octanol–water partition coefficient (Wildman–Crippen LogP) is 4.77. The second kappa shape index (κ2) is 8.95. The summed E-state index contributed by atoms with van der Waals surface area (Å²) in [6, 6.07) is 16.4. The highest BCUT2D eigenvalue weighted by molar-refractivity contribution is 5.97. The second-order valence-corrected chi connectivity index (χ2v) is 4.92. The molecule has 0 aliphatic carbocycles. The third kappa shape index (κ3) is 5.46. The maximum Gasteiger partial charge on any atom is 0.276 e. The van der Waals surface area contributed by atoms with Gasteiger partial charge in [-0.2, -0.15) is 10.2 Å². The topological polar surface area (TPSA) is 67.9 Å². The van der Waals surface area contributed by atoms with Gasteiger partial charge >= 0.3 is 0 Å². The van der Waals surface area contributed by atoms with E-state index in [9.17, 15) is 10.1 Å². The lowest BCUT2D eigenvalue weighted by Gasteiger charge is -1.96. The Balaban J connectivity index is 1.98. The van der Waals surface area contributed by atoms with E-state index in [-0.39, 0.29) is 5.69 Å². The zero-order valence-electron chi connectivity index (χ0n) is 13.2. The summed E-state index contributed by atoms with van der Waals surface area (Å²) in [5, 5.41) is 18.9. The Labute approximate surface area is 140 Å². The average molecular weight is 319 g/mol. The number of nitro benzene ring substituents is 1. The molecule has 0 radical (unpaired) electrons. The molecule has 0 aromatic heterocycles. The van der Waals surface area contributed by atoms with Crippen molar-refractivity contribution >= 4 is 29.8 Å². The molecule has 0 atom stereocenters. The van der Waals surface area contributed by atoms with Gasteiger partial charge in [0.15, 0.2) is 0 Å². The molecule has 2 aromatic carbocycles. The molecular weight excluding hydrogens is 302 g/mol. The maximum atomic E-state index is 10.9. The first-order valence-electron chi connectivity index (χ1n) is 7.37. The van der Waals surface area contributed by atoms with Gasteiger partial charge in [0.25, 0.3) is 5.69 Å². The third-order valence-electron chi connectivity index (χ3n) is 3.09. The Morgan fingerprint density at radius 1 is 1.04 bits per heavy atom. The Bertz CT molecular complexity index is 806. The van der Waals surface area contributed by atoms with Gasteiger partial charge in [-0.05, 0) is 36.8 Å². The molecule has 0 saturated heterocycles. The van der Waals surface area contributed by atoms with Gasteiger partial charge in [-0.1, -0.05) is 48.5 Å². The molecule has 0 unspecified atom stereocenters. The fraction of sp³-hybridized carbons (Fsp3) is 0.0526. The molecule has 0 fully saturated rings. The van der Waals surface area contributed by atoms with Crippen molar-refractivity contribution in [3.8, 4) is 0 Å². The van der Waals surface area contributed by atoms with E-state index < -0.39 is 4.92 Å². The molecule has 5 heteroatoms. The Morgan fingerprint density at radius 3 is 2.50 bits per heavy atom. The first-order chi connectivity index (χ1) is 11.7. The van der Waals surface area contributed by atoms with Crippen LogP contribution in [0.2, 0.25) is 0 Å². The lowest BCUT2D eigenvalue weighted by molar-refractivity contribution is -0.385. The number of rotatable bonds is 6. The van der Waals surface area contributed by atoms with Crippen molar-refractivity contribution in [2.75, 3.05) is 0 Å². The minimum Gasteiger partial charge on any atom is -0.258 e. The standard InChI is InChI=1S/C19H17N3O2/c1-16(13-14-18-11-5-6-12-19(18)22(23)24)21-20-15-7-10-17-8-3-2-4-9-17/h2-15H,1H3/b10-7-,14-13+,20-15+,21-16-. The van der Waals surface area contributed by atoms with Crippen LogP contribution in [-0.2, 0) is 0 Å². The summed E-state index contributed by atoms with van der Waals surface area (Å²) in [5.74, 6) is 0. The van der Waals surface area contributed by atoms with Crippen LogP contribution in [0.4, 0.5) is 5.69 Å². The van der Waals surface area contributed by atoms with Crippen LogP contribution in [0.1, 0.15) is 18.1 Å². The minimum absolute atomic E-state index is 0.0656. The predicted molar refractivity (Wildman–Crippen MR) is 99.2 cm³/mol. The molecule has 120 valence electrons. The van der Waals surface area contributed by atoms with Crippen molar-refractivity contribution in [3.05, 3.63) is 88.0 Å². The number of nitro groups is 1. The van der Waals surface area contributed by atoms with Crippen LogP contribution in [0.25, 0.3) is 12.2 Å². The fourth-order valence-electron chi connectivity index (χ4n) is 1.92. The normalized spacial score (nSPS) is 12.5. The van der Waals surface area contributed by atoms with Crippen LogP contribution >= 0.6 is 0 Å². The van der Waals surface area contributed by atoms with Gasteiger partial charge in [0.05, 0.1) is 16.2 Å². The van der Waals surface area contributed by atoms with Gasteiger partial charge in [0, 0.05) is 12.3 Å². The van der Waals surface area contributed by atoms with Crippen LogP contribution in [0.15, 0.2) is 77.0 Å². The number of hydrogen-bond donors (Lipinski definition) is 0. The number of benzene rings is 2. The lowest BCUT2D eigenvalue weighted by Crippen LogP contribution is -1.91. The van der Waals surface area contributed by atoms with Crippen molar-refractivity contribution in [1.82, 2.24) is 0 Å². The van der Waals surface area contributed by atoms with Gasteiger partial charge in [-0.3, -0.25) is 10.1 Å². The first kappa shape index (κ1) is 17.0. The summed E-state index contributed by atoms with van der Waals surface area (Å²) < 4.78 is 0. The van der Waals surface area contributed by atoms with Crippen molar-refractivity contribution in [3.63, 3.8) is 0 Å². The number of hydrogen-bond acceptors (Lipinski definition) is 4. The molecule has 0 N–H and O–H groups in total. The number of nitrogens with zero attached hydrogens (tertiary/aromatic N) is 3. The highest BCUT2D eigenvalue weighted by Crippen LogP contribution is 2.18. The van der Waals surface area contributed by atoms with Crippen molar-refractivity contribution in [1.29, 1.82) is 0 Å². The van der Waals surface area contributed by atoms with E-state index in [1.165, 1.54) is 6.07 Å². The monoisotopic (exact) mass is 319 g/mol. The van der Waals surface area contributed by atoms with Crippen molar-refractivity contribution < 1.29 is 4.92 Å². The summed E-state index contributed by atoms with van der Waals surface area (Å²) in [5.41, 5.74) is 2.33. The highest BCUT2D eigenvalue weighted by atomic mass is 16.6. The van der Waals surface area contributed by atoms with E-state index in [0.29, 0.717) is 11.3 Å². The molecule has 0 saturated carbocycles. The van der Waals surface area contributed by atoms with Gasteiger partial charge in [0.2, 0.25) is 0 Å². The van der Waals surface area contributed by atoms with E-state index in [4.69, 9.17) is 0 Å². The summed E-state index contributed by atoms with van der Waals surface area (Å²) in [6.07, 6.45) is 8.68. The zero-order chi connectivity index (χ0) is 17.2. The maximum absolute atomic E-state index is 10.9. The molecule has 2 aromatic rings. The van der Waals surface area contributed by atoms with E-state index in [2.05, 4.69) is 10.2 Å². The van der Waals surface area contributed by atoms with Gasteiger partial charge < -0.3 is 0 Å². The van der Waals surface area contributed by atoms with E-state index in [1.54, 1.807) is 49.6 Å². The molecule has 0 bridgehead atoms. The van der Waals surface area contributed by atoms with Crippen LogP contribution < -0.4 is 0 Å². The van der Waals surface area contributed by atoms with E-state index in [1.807, 2.05) is 36.4 Å². The van der Waals surface area contributed by atoms with Crippen LogP contribution in [0, 0.1) is 10.1 Å². The molecule has 0 spiro atoms. The molecular formula is C19H17N3O2. The zero-order valence-corrected chi connectivity index (χ0v) is 13.2. The van der Waals surface area contributed by atoms with Crippen molar-refractivity contribution in [2.45, 2.75) is 6.92 Å². The summed E-state index contributed by atoms with van der Waals surface area (Å²) in [7, 11) is 0. The molecule has 5 nitrogen and oxygen atoms in total. The number of para-hydroxylation sites is 1. The van der Waals surface area contributed by atoms with Crippen molar-refractivity contribution in [2.24, 2.45) is 10.2 Å². The van der Waals surface area contributed by atoms with Crippen LogP contribution in [-0.4, -0.2) is 16.8 Å². The molecule has 24 heavy (non-hydrogen) atoms. The molecule has 0 aliphatic heterocycles. The first-order valence-corrected chi connectivity index (χ1v) is 7.37. The molecule has 2 rings (SSSR count). The fourth-order valence-corrected chi connectivity index (χ4v) is 1.92. The van der Waals surface area contributed by atoms with Gasteiger partial charge in [-0.15, -0.1) is 0 Å². The van der Waals surface area contributed by atoms with Gasteiger partial charge in [-0.25, -0.2) is 0 Å². The summed E-state index contributed by atoms with van der Waals surface area (Å²) in [4.78, 5) is 10.5. The summed E-state index contributed by atoms with van der Waals surface area (Å²) in [6.45, 7) is 1.78. The molecule has 0 aliphatic rings. The minimum atomic E-state index is -0.404. The Morgan fingerprint density at radius 2 is 1.75 bits per heavy atom. The van der Waals surface area contributed by atoms with Crippen LogP contribution in [0.5, 0.6) is 0 Å². The largest absolute Gasteiger partial charge is 0.276 e. The highest BCUT2D eigenvalue weighted by Gasteiger charge is 2.08. The molecule has 0 heterocycles. The Kier molecular flexibility index (Phi) is 6.35. The average Bonchev–Trinajstić information content (AvgIpc) is 2.60. The second-order valence-electron chi connectivity index (χ2n) is 4.92. The van der Waals surface area contributed by atoms with Gasteiger partial charge in [0.1, 0.15) is 0 Å². The summed E-state index contributed by atoms with van der Waals surface area (Å²) >= 11 is 0. The lowest BCUT2D eigenvalue weighted by atomic mass is 10.1. The smallest absolute Gasteiger partial charge is 0.258 e. The van der Waals surface area contributed by atoms with E-state index in [0.717, 1.165) is 5.56 Å². The number of allylic oxidation sites excluding steroid dienone is 2. The third-order valence-corrected chi connectivity index (χ3v) is 3.09.